The second-order valence-corrected chi connectivity index (χ2v) is 24.7. The average molecular weight is 1220 g/mol. The number of carbonyl (C=O) groups is 2. The van der Waals surface area contributed by atoms with E-state index in [4.69, 9.17) is 33.1 Å². The van der Waals surface area contributed by atoms with Gasteiger partial charge in [0.1, 0.15) is 12.2 Å². The molecule has 80 heavy (non-hydrogen) atoms. The fourth-order valence-electron chi connectivity index (χ4n) is 7.79. The van der Waals surface area contributed by atoms with Crippen LogP contribution in [0, 0.1) is 0 Å². The van der Waals surface area contributed by atoms with E-state index in [-0.39, 0.29) is 35.5 Å². The lowest BCUT2D eigenvalue weighted by atomic mass is 10.0. The standard InChI is InChI=1S/C24H41FN3O7PS.C10H13FN2O4.C7H14O3S.C6H16NP.C6H15N/c1-8-18-21(22(25)24(7,34-18)27-11-10-19(29)26-23(27)31)35-36(28(16(3)4)17(5)6)33-13-12-32-14-15-37-20(30)9-2;1-2-5-8(15)7(11)9(17-5)13-4-3-6(14)12-10(13)16;1-2-7(9)11-6-5-10-4-3-8;1-5(2)7(8)6(3)4;1-5(2)7-6(3)4/h10-11,16-18,21-22H,8-9,12-15H2,1-7H3,(H,26,29,31);3-5,7-9,15H,2H2,1H3,(H,12,14,16);8H,2-6H2,1H3;5-6H,8H2,1-4H3;5-7H,1-4H3/t18-,21?,22+,24+,36?;5-,7+,8?,9-;;;/m11.../s1. The largest absolute Gasteiger partial charge is 0.394 e. The topological polar surface area (TPSA) is 258 Å². The normalized spacial score (nSPS) is 22.1. The van der Waals surface area contributed by atoms with Gasteiger partial charge in [-0.05, 0) is 75.2 Å². The Morgan fingerprint density at radius 2 is 1.25 bits per heavy atom. The molecule has 2 aliphatic heterocycles. The van der Waals surface area contributed by atoms with Crippen molar-refractivity contribution in [2.75, 3.05) is 51.1 Å². The van der Waals surface area contributed by atoms with Crippen LogP contribution in [0.2, 0.25) is 0 Å². The number of nitrogens with one attached hydrogen (secondary N) is 3. The van der Waals surface area contributed by atoms with E-state index in [0.717, 1.165) is 27.5 Å². The number of aliphatic hydroxyl groups excluding tert-OH is 2. The third-order valence-corrected chi connectivity index (χ3v) is 16.9. The third-order valence-electron chi connectivity index (χ3n) is 11.6. The molecule has 0 spiro atoms. The van der Waals surface area contributed by atoms with Crippen LogP contribution in [0.25, 0.3) is 0 Å². The van der Waals surface area contributed by atoms with E-state index in [1.165, 1.54) is 36.6 Å². The number of nitrogens with zero attached hydrogens (tertiary/aromatic N) is 4. The van der Waals surface area contributed by atoms with Crippen LogP contribution in [0.4, 0.5) is 8.78 Å². The van der Waals surface area contributed by atoms with E-state index in [1.54, 1.807) is 6.92 Å². The van der Waals surface area contributed by atoms with Gasteiger partial charge in [-0.2, -0.15) is 0 Å². The van der Waals surface area contributed by atoms with Crippen LogP contribution in [-0.4, -0.2) is 173 Å². The van der Waals surface area contributed by atoms with Gasteiger partial charge in [0, 0.05) is 85.1 Å². The summed E-state index contributed by atoms with van der Waals surface area (Å²) in [5, 5.41) is 21.5. The maximum Gasteiger partial charge on any atom is 0.330 e. The van der Waals surface area contributed by atoms with Gasteiger partial charge in [-0.1, -0.05) is 88.3 Å². The summed E-state index contributed by atoms with van der Waals surface area (Å²) >= 11 is 2.53. The number of hydrogen-bond donors (Lipinski definition) is 5. The highest BCUT2D eigenvalue weighted by Crippen LogP contribution is 2.51. The van der Waals surface area contributed by atoms with E-state index < -0.39 is 79.7 Å². The zero-order chi connectivity index (χ0) is 61.4. The van der Waals surface area contributed by atoms with E-state index in [9.17, 15) is 38.3 Å². The van der Waals surface area contributed by atoms with Crippen molar-refractivity contribution < 1.29 is 56.6 Å². The lowest BCUT2D eigenvalue weighted by molar-refractivity contribution is -0.113. The molecule has 27 heteroatoms. The molecular weight excluding hydrogens is 1120 g/mol. The van der Waals surface area contributed by atoms with Gasteiger partial charge in [-0.15, -0.1) is 0 Å². The van der Waals surface area contributed by atoms with Crippen molar-refractivity contribution in [2.45, 2.75) is 228 Å². The SMILES string of the molecule is CC(C)N(P)C(C)C.CC(C)NC(C)C.CCC(=O)SCCOCCO.CCC(=O)SCCOCCOP(OC1[C@@H](CC)O[C@](C)(n2ccc(=O)[nH]c2=O)[C@H]1F)N(C(C)C)C(C)C.CC[C@H]1O[C@@H](n2ccc(=O)[nH]c2=O)[C@@H](F)C1O. The predicted molar refractivity (Wildman–Crippen MR) is 321 cm³/mol. The number of aromatic nitrogens is 4. The number of thioether (sulfide) groups is 2. The molecule has 0 aliphatic carbocycles. The number of ether oxygens (including phenoxy) is 4. The lowest BCUT2D eigenvalue weighted by Gasteiger charge is -2.37. The van der Waals surface area contributed by atoms with Gasteiger partial charge >= 0.3 is 11.4 Å². The highest BCUT2D eigenvalue weighted by Gasteiger charge is 2.56. The maximum absolute atomic E-state index is 16.1. The van der Waals surface area contributed by atoms with Gasteiger partial charge in [-0.3, -0.25) is 43.0 Å². The molecule has 0 aromatic carbocycles. The van der Waals surface area contributed by atoms with E-state index in [0.29, 0.717) is 87.8 Å². The van der Waals surface area contributed by atoms with E-state index in [2.05, 4.69) is 79.8 Å². The van der Waals surface area contributed by atoms with Gasteiger partial charge in [-0.25, -0.2) is 23.0 Å². The minimum absolute atomic E-state index is 0.0480. The van der Waals surface area contributed by atoms with Gasteiger partial charge in [0.2, 0.25) is 0 Å². The molecule has 0 radical (unpaired) electrons. The number of H-pyrrole nitrogens is 2. The zero-order valence-electron chi connectivity index (χ0n) is 50.5. The Bertz CT molecular complexity index is 2230. The molecule has 2 aliphatic rings. The molecule has 4 rings (SSSR count). The number of halogens is 2. The fourth-order valence-corrected chi connectivity index (χ4v) is 10.8. The number of aromatic amines is 2. The molecule has 2 aromatic rings. The fraction of sp³-hybridized carbons (Fsp3) is 0.811. The van der Waals surface area contributed by atoms with Crippen molar-refractivity contribution in [1.82, 2.24) is 33.8 Å². The summed E-state index contributed by atoms with van der Waals surface area (Å²) in [5.41, 5.74) is -4.31. The summed E-state index contributed by atoms with van der Waals surface area (Å²) in [6, 6.07) is 4.89. The molecule has 2 fully saturated rings. The summed E-state index contributed by atoms with van der Waals surface area (Å²) in [4.78, 5) is 72.6. The molecule has 2 saturated heterocycles. The summed E-state index contributed by atoms with van der Waals surface area (Å²) in [6.45, 7) is 36.1. The van der Waals surface area contributed by atoms with Gasteiger partial charge in [0.05, 0.1) is 51.8 Å². The Kier molecular flexibility index (Phi) is 40.4. The third kappa shape index (κ3) is 28.5. The monoisotopic (exact) mass is 1220 g/mol. The van der Waals surface area contributed by atoms with Gasteiger partial charge < -0.3 is 43.5 Å². The second-order valence-electron chi connectivity index (χ2n) is 20.3. The minimum Gasteiger partial charge on any atom is -0.394 e. The van der Waals surface area contributed by atoms with Gasteiger partial charge in [0.25, 0.3) is 19.6 Å². The summed E-state index contributed by atoms with van der Waals surface area (Å²) in [6.07, 6.45) is -3.80. The summed E-state index contributed by atoms with van der Waals surface area (Å²) in [7, 11) is 1.02. The van der Waals surface area contributed by atoms with Gasteiger partial charge in [0.15, 0.2) is 34.5 Å². The minimum atomic E-state index is -1.71. The van der Waals surface area contributed by atoms with Crippen molar-refractivity contribution in [3.8, 4) is 0 Å². The van der Waals surface area contributed by atoms with Crippen LogP contribution in [-0.2, 0) is 43.3 Å². The van der Waals surface area contributed by atoms with Crippen LogP contribution in [0.1, 0.15) is 150 Å². The van der Waals surface area contributed by atoms with Crippen molar-refractivity contribution in [3.05, 3.63) is 66.2 Å². The molecule has 4 unspecified atom stereocenters. The first-order chi connectivity index (χ1) is 37.5. The Hall–Kier alpha value is -2.32. The first-order valence-electron chi connectivity index (χ1n) is 27.7. The molecule has 10 atom stereocenters. The van der Waals surface area contributed by atoms with Crippen LogP contribution in [0.15, 0.2) is 43.7 Å². The first-order valence-corrected chi connectivity index (χ1v) is 31.3. The Labute approximate surface area is 485 Å². The van der Waals surface area contributed by atoms with Crippen LogP contribution in [0.5, 0.6) is 0 Å². The number of alkyl halides is 2. The van der Waals surface area contributed by atoms with Crippen LogP contribution in [0.3, 0.4) is 0 Å². The van der Waals surface area contributed by atoms with Crippen molar-refractivity contribution >= 4 is 51.7 Å². The van der Waals surface area contributed by atoms with E-state index in [1.807, 2.05) is 58.1 Å². The molecule has 0 bridgehead atoms. The number of hydrogen-bond acceptors (Lipinski definition) is 19. The van der Waals surface area contributed by atoms with Crippen LogP contribution >= 0.6 is 41.4 Å². The van der Waals surface area contributed by atoms with Crippen molar-refractivity contribution in [3.63, 3.8) is 0 Å². The lowest BCUT2D eigenvalue weighted by Crippen LogP contribution is -2.48. The highest BCUT2D eigenvalue weighted by atomic mass is 32.2. The summed E-state index contributed by atoms with van der Waals surface area (Å²) in [5.74, 6) is 1.26. The Morgan fingerprint density at radius 1 is 0.762 bits per heavy atom. The zero-order valence-corrected chi connectivity index (χ0v) is 54.2. The number of aliphatic hydroxyl groups is 2. The molecule has 4 heterocycles. The second kappa shape index (κ2) is 41.7. The number of carbonyl (C=O) groups excluding carboxylic acids is 2. The Balaban J connectivity index is 0.00000118. The maximum atomic E-state index is 16.1. The number of rotatable bonds is 27. The van der Waals surface area contributed by atoms with Crippen molar-refractivity contribution in [1.29, 1.82) is 0 Å². The quantitative estimate of drug-likeness (QED) is 0.0435. The van der Waals surface area contributed by atoms with Crippen LogP contribution < -0.4 is 27.8 Å². The smallest absolute Gasteiger partial charge is 0.330 e. The highest BCUT2D eigenvalue weighted by molar-refractivity contribution is 8.13. The molecule has 2 aromatic heterocycles. The van der Waals surface area contributed by atoms with Crippen molar-refractivity contribution in [2.24, 2.45) is 0 Å². The molecule has 466 valence electrons. The Morgan fingerprint density at radius 3 is 1.64 bits per heavy atom. The molecule has 21 nitrogen and oxygen atoms in total. The predicted octanol–water partition coefficient (Wildman–Crippen LogP) is 7.29. The summed E-state index contributed by atoms with van der Waals surface area (Å²) < 4.78 is 70.5. The first kappa shape index (κ1) is 77.7. The van der Waals surface area contributed by atoms with E-state index >= 15 is 4.39 Å². The molecular formula is C53H99F2N7O14P2S2. The molecule has 5 N–H and O–H groups in total. The molecule has 0 saturated carbocycles. The molecule has 0 amide bonds. The average Bonchev–Trinajstić information content (AvgIpc) is 3.80.